The highest BCUT2D eigenvalue weighted by Crippen LogP contribution is 2.42. The third-order valence-electron chi connectivity index (χ3n) is 1.27. The van der Waals surface area contributed by atoms with Crippen molar-refractivity contribution < 1.29 is 30.7 Å². The lowest BCUT2D eigenvalue weighted by atomic mass is 10.3. The van der Waals surface area contributed by atoms with Gasteiger partial charge in [-0.3, -0.25) is 0 Å². The molecule has 9 heteroatoms. The van der Waals surface area contributed by atoms with Gasteiger partial charge in [-0.05, 0) is 0 Å². The van der Waals surface area contributed by atoms with Crippen molar-refractivity contribution in [2.45, 2.75) is 12.1 Å². The number of hydrogen-bond donors (Lipinski definition) is 1. The predicted octanol–water partition coefficient (Wildman–Crippen LogP) is 2.34. The second-order valence-electron chi connectivity index (χ2n) is 2.26. The van der Waals surface area contributed by atoms with Crippen molar-refractivity contribution in [3.05, 3.63) is 17.7 Å². The molecule has 0 aliphatic carbocycles. The Labute approximate surface area is 71.7 Å². The molecule has 0 spiro atoms. The Bertz CT molecular complexity index is 319. The molecule has 0 bridgehead atoms. The minimum Gasteiger partial charge on any atom is -0.311 e. The molecule has 1 rings (SSSR count). The molecule has 80 valence electrons. The second kappa shape index (κ2) is 2.85. The lowest BCUT2D eigenvalue weighted by Crippen LogP contribution is -2.34. The van der Waals surface area contributed by atoms with Crippen LogP contribution in [0.1, 0.15) is 5.82 Å². The van der Waals surface area contributed by atoms with Crippen molar-refractivity contribution in [1.29, 1.82) is 0 Å². The lowest BCUT2D eigenvalue weighted by Gasteiger charge is -2.16. The van der Waals surface area contributed by atoms with Gasteiger partial charge in [-0.15, -0.1) is 0 Å². The zero-order valence-corrected chi connectivity index (χ0v) is 6.09. The molecule has 0 amide bonds. The summed E-state index contributed by atoms with van der Waals surface area (Å²) in [6.07, 6.45) is -5.95. The fourth-order valence-electron chi connectivity index (χ4n) is 0.614. The summed E-state index contributed by atoms with van der Waals surface area (Å²) in [5.74, 6) is -11.5. The van der Waals surface area contributed by atoms with Gasteiger partial charge in [-0.25, -0.2) is 0 Å². The molecule has 0 saturated heterocycles. The number of alkyl halides is 5. The topological polar surface area (TPSA) is 28.7 Å². The third kappa shape index (κ3) is 1.53. The molecule has 1 aromatic heterocycles. The van der Waals surface area contributed by atoms with Crippen molar-refractivity contribution in [3.63, 3.8) is 0 Å². The fraction of sp³-hybridized carbons (Fsp3) is 0.400. The fourth-order valence-corrected chi connectivity index (χ4v) is 0.614. The number of rotatable bonds is 1. The average Bonchev–Trinajstić information content (AvgIpc) is 2.30. The molecule has 0 fully saturated rings. The van der Waals surface area contributed by atoms with Crippen LogP contribution in [0.3, 0.4) is 0 Å². The molecule has 1 N–H and O–H groups in total. The zero-order chi connectivity index (χ0) is 11.1. The van der Waals surface area contributed by atoms with Gasteiger partial charge >= 0.3 is 12.1 Å². The first kappa shape index (κ1) is 10.8. The minimum absolute atomic E-state index is 0.868. The van der Waals surface area contributed by atoms with Gasteiger partial charge in [0.1, 0.15) is 0 Å². The molecule has 0 atom stereocenters. The Hall–Kier alpha value is -1.28. The summed E-state index contributed by atoms with van der Waals surface area (Å²) in [4.78, 5) is 2.95. The summed E-state index contributed by atoms with van der Waals surface area (Å²) >= 11 is 0. The standard InChI is InChI=1S/C5HF7N2/c6-1-2(7)14-3(13-1)4(8,9)5(10,11)12/h(H,13,14). The second-order valence-corrected chi connectivity index (χ2v) is 2.26. The summed E-state index contributed by atoms with van der Waals surface area (Å²) < 4.78 is 83.5. The van der Waals surface area contributed by atoms with Crippen LogP contribution in [0.2, 0.25) is 0 Å². The van der Waals surface area contributed by atoms with E-state index in [-0.39, 0.29) is 0 Å². The van der Waals surface area contributed by atoms with Gasteiger partial charge in [0.25, 0.3) is 5.95 Å². The molecule has 0 saturated carbocycles. The first-order chi connectivity index (χ1) is 6.16. The first-order valence-corrected chi connectivity index (χ1v) is 3.02. The Morgan fingerprint density at radius 3 is 1.79 bits per heavy atom. The Balaban J connectivity index is 3.16. The van der Waals surface area contributed by atoms with Crippen molar-refractivity contribution in [3.8, 4) is 0 Å². The summed E-state index contributed by atoms with van der Waals surface area (Å²) in [6, 6.07) is 0. The number of H-pyrrole nitrogens is 1. The van der Waals surface area contributed by atoms with E-state index < -0.39 is 29.8 Å². The molecule has 0 aliphatic rings. The van der Waals surface area contributed by atoms with Crippen LogP contribution in [0.15, 0.2) is 0 Å². The predicted molar refractivity (Wildman–Crippen MR) is 28.5 cm³/mol. The summed E-state index contributed by atoms with van der Waals surface area (Å²) in [5.41, 5.74) is 0. The molecule has 1 heterocycles. The molecule has 0 aromatic carbocycles. The van der Waals surface area contributed by atoms with E-state index in [1.165, 1.54) is 0 Å². The number of nitrogens with one attached hydrogen (secondary N) is 1. The van der Waals surface area contributed by atoms with Gasteiger partial charge in [0.15, 0.2) is 5.82 Å². The first-order valence-electron chi connectivity index (χ1n) is 3.02. The molecule has 2 nitrogen and oxygen atoms in total. The van der Waals surface area contributed by atoms with E-state index in [4.69, 9.17) is 0 Å². The number of aromatic amines is 1. The summed E-state index contributed by atoms with van der Waals surface area (Å²) in [5, 5.41) is 0. The van der Waals surface area contributed by atoms with Gasteiger partial charge in [0.05, 0.1) is 0 Å². The minimum atomic E-state index is -5.95. The van der Waals surface area contributed by atoms with Gasteiger partial charge < -0.3 is 4.98 Å². The van der Waals surface area contributed by atoms with Crippen LogP contribution in [-0.4, -0.2) is 16.1 Å². The lowest BCUT2D eigenvalue weighted by molar-refractivity contribution is -0.292. The van der Waals surface area contributed by atoms with E-state index >= 15 is 0 Å². The highest BCUT2D eigenvalue weighted by Gasteiger charge is 2.61. The maximum atomic E-state index is 12.3. The van der Waals surface area contributed by atoms with Crippen molar-refractivity contribution in [2.75, 3.05) is 0 Å². The molecule has 14 heavy (non-hydrogen) atoms. The van der Waals surface area contributed by atoms with E-state index in [1.54, 1.807) is 0 Å². The summed E-state index contributed by atoms with van der Waals surface area (Å²) in [7, 11) is 0. The van der Waals surface area contributed by atoms with E-state index in [0.717, 1.165) is 4.98 Å². The van der Waals surface area contributed by atoms with Crippen molar-refractivity contribution in [2.24, 2.45) is 0 Å². The normalized spacial score (nSPS) is 13.4. The monoisotopic (exact) mass is 222 g/mol. The van der Waals surface area contributed by atoms with Gasteiger partial charge in [0, 0.05) is 0 Å². The maximum Gasteiger partial charge on any atom is 0.461 e. The van der Waals surface area contributed by atoms with Crippen LogP contribution in [0.5, 0.6) is 0 Å². The molecule has 0 aliphatic heterocycles. The van der Waals surface area contributed by atoms with Crippen molar-refractivity contribution in [1.82, 2.24) is 9.97 Å². The highest BCUT2D eigenvalue weighted by molar-refractivity contribution is 5.02. The number of imidazole rings is 1. The molecule has 1 aromatic rings. The van der Waals surface area contributed by atoms with Gasteiger partial charge in [0.2, 0.25) is 5.95 Å². The van der Waals surface area contributed by atoms with Crippen molar-refractivity contribution >= 4 is 0 Å². The van der Waals surface area contributed by atoms with E-state index in [9.17, 15) is 30.7 Å². The molecular formula is C5HF7N2. The quantitative estimate of drug-likeness (QED) is 0.726. The number of halogens is 7. The van der Waals surface area contributed by atoms with Gasteiger partial charge in [-0.2, -0.15) is 35.7 Å². The van der Waals surface area contributed by atoms with Crippen LogP contribution in [0.25, 0.3) is 0 Å². The van der Waals surface area contributed by atoms with E-state index in [1.807, 2.05) is 0 Å². The maximum absolute atomic E-state index is 12.3. The van der Waals surface area contributed by atoms with Crippen LogP contribution in [-0.2, 0) is 5.92 Å². The Morgan fingerprint density at radius 2 is 1.50 bits per heavy atom. The molecular weight excluding hydrogens is 221 g/mol. The van der Waals surface area contributed by atoms with Gasteiger partial charge in [-0.1, -0.05) is 0 Å². The van der Waals surface area contributed by atoms with Crippen LogP contribution in [0, 0.1) is 11.9 Å². The molecule has 0 radical (unpaired) electrons. The Morgan fingerprint density at radius 1 is 1.00 bits per heavy atom. The summed E-state index contributed by atoms with van der Waals surface area (Å²) in [6.45, 7) is 0. The highest BCUT2D eigenvalue weighted by atomic mass is 19.4. The third-order valence-corrected chi connectivity index (χ3v) is 1.27. The SMILES string of the molecule is Fc1nc(C(F)(F)C(F)(F)F)[nH]c1F. The van der Waals surface area contributed by atoms with E-state index in [2.05, 4.69) is 4.98 Å². The van der Waals surface area contributed by atoms with Crippen LogP contribution >= 0.6 is 0 Å². The zero-order valence-electron chi connectivity index (χ0n) is 6.09. The largest absolute Gasteiger partial charge is 0.461 e. The number of aromatic nitrogens is 2. The molecule has 0 unspecified atom stereocenters. The van der Waals surface area contributed by atoms with Crippen LogP contribution < -0.4 is 0 Å². The number of nitrogens with zero attached hydrogens (tertiary/aromatic N) is 1. The average molecular weight is 222 g/mol. The van der Waals surface area contributed by atoms with Crippen LogP contribution in [0.4, 0.5) is 30.7 Å². The number of hydrogen-bond acceptors (Lipinski definition) is 1. The smallest absolute Gasteiger partial charge is 0.311 e. The Kier molecular flexibility index (Phi) is 2.20. The van der Waals surface area contributed by atoms with E-state index in [0.29, 0.717) is 0 Å².